The molecule has 5 unspecified atom stereocenters. The lowest BCUT2D eigenvalue weighted by molar-refractivity contribution is 0.0694. The van der Waals surface area contributed by atoms with Crippen molar-refractivity contribution in [2.45, 2.75) is 90.4 Å². The van der Waals surface area contributed by atoms with Crippen LogP contribution < -0.4 is 0 Å². The van der Waals surface area contributed by atoms with Gasteiger partial charge in [-0.15, -0.1) is 6.58 Å². The fraction of sp³-hybridized carbons (Fsp3) is 0.704. The second kappa shape index (κ2) is 9.14. The lowest BCUT2D eigenvalue weighted by Gasteiger charge is -2.45. The van der Waals surface area contributed by atoms with E-state index in [0.29, 0.717) is 0 Å². The maximum Gasteiger partial charge on any atom is 0.126 e. The first kappa shape index (κ1) is 20.2. The van der Waals surface area contributed by atoms with Crippen LogP contribution in [0.25, 0.3) is 0 Å². The molecule has 28 heavy (non-hydrogen) atoms. The van der Waals surface area contributed by atoms with Crippen LogP contribution in [0.15, 0.2) is 24.8 Å². The van der Waals surface area contributed by atoms with E-state index >= 15 is 0 Å². The van der Waals surface area contributed by atoms with Crippen molar-refractivity contribution in [2.75, 3.05) is 0 Å². The third kappa shape index (κ3) is 4.39. The van der Waals surface area contributed by atoms with E-state index in [9.17, 15) is 4.39 Å². The molecule has 3 aliphatic carbocycles. The standard InChI is InChI=1S/C27H39F/c1-3-5-7-25-16-24-13-12-23(17-26(24)18-27(25)28)22-11-10-20-14-19(6-4-2)8-9-21(20)15-22/h3,16,18-23H,1,4-15,17H2,2H3. The lowest BCUT2D eigenvalue weighted by atomic mass is 9.61. The molecule has 1 heteroatoms. The maximum atomic E-state index is 14.6. The van der Waals surface area contributed by atoms with Crippen molar-refractivity contribution in [3.05, 3.63) is 47.3 Å². The molecule has 0 heterocycles. The maximum absolute atomic E-state index is 14.6. The number of allylic oxidation sites excluding steroid dienone is 1. The zero-order chi connectivity index (χ0) is 19.5. The molecule has 154 valence electrons. The molecule has 3 aliphatic rings. The molecule has 5 atom stereocenters. The summed E-state index contributed by atoms with van der Waals surface area (Å²) in [6.45, 7) is 6.12. The van der Waals surface area contributed by atoms with Crippen molar-refractivity contribution < 1.29 is 4.39 Å². The lowest BCUT2D eigenvalue weighted by Crippen LogP contribution is -2.35. The smallest absolute Gasteiger partial charge is 0.126 e. The SMILES string of the molecule is C=CCCc1cc2c(cc1F)CC(C1CCC3CC(CCC)CCC3C1)CC2. The molecule has 0 aromatic heterocycles. The zero-order valence-electron chi connectivity index (χ0n) is 17.9. The Labute approximate surface area is 172 Å². The average molecular weight is 383 g/mol. The van der Waals surface area contributed by atoms with Gasteiger partial charge in [0.25, 0.3) is 0 Å². The summed E-state index contributed by atoms with van der Waals surface area (Å²) >= 11 is 0. The Bertz CT molecular complexity index is 675. The molecule has 0 aliphatic heterocycles. The van der Waals surface area contributed by atoms with Crippen LogP contribution in [0.4, 0.5) is 4.39 Å². The van der Waals surface area contributed by atoms with Crippen molar-refractivity contribution in [2.24, 2.45) is 29.6 Å². The average Bonchev–Trinajstić information content (AvgIpc) is 2.71. The first-order valence-electron chi connectivity index (χ1n) is 12.1. The molecule has 2 saturated carbocycles. The fourth-order valence-corrected chi connectivity index (χ4v) is 6.83. The van der Waals surface area contributed by atoms with Gasteiger partial charge in [-0.25, -0.2) is 4.39 Å². The molecule has 1 aromatic rings. The van der Waals surface area contributed by atoms with Crippen molar-refractivity contribution >= 4 is 0 Å². The van der Waals surface area contributed by atoms with E-state index in [0.717, 1.165) is 60.8 Å². The predicted octanol–water partition coefficient (Wildman–Crippen LogP) is 7.68. The molecule has 1 aromatic carbocycles. The summed E-state index contributed by atoms with van der Waals surface area (Å²) < 4.78 is 14.6. The van der Waals surface area contributed by atoms with Crippen LogP contribution in [0, 0.1) is 35.4 Å². The highest BCUT2D eigenvalue weighted by Crippen LogP contribution is 2.49. The summed E-state index contributed by atoms with van der Waals surface area (Å²) in [4.78, 5) is 0. The quantitative estimate of drug-likeness (QED) is 0.442. The summed E-state index contributed by atoms with van der Waals surface area (Å²) in [7, 11) is 0. The molecule has 0 N–H and O–H groups in total. The molecule has 0 nitrogen and oxygen atoms in total. The Hall–Kier alpha value is -1.11. The van der Waals surface area contributed by atoms with E-state index in [1.807, 2.05) is 12.1 Å². The minimum absolute atomic E-state index is 0.0132. The van der Waals surface area contributed by atoms with Gasteiger partial charge in [0.1, 0.15) is 5.82 Å². The largest absolute Gasteiger partial charge is 0.207 e. The summed E-state index contributed by atoms with van der Waals surface area (Å²) in [5.41, 5.74) is 3.62. The van der Waals surface area contributed by atoms with Crippen LogP contribution in [0.1, 0.15) is 87.8 Å². The molecular weight excluding hydrogens is 343 g/mol. The molecule has 0 spiro atoms. The van der Waals surface area contributed by atoms with Gasteiger partial charge in [0.15, 0.2) is 0 Å². The van der Waals surface area contributed by atoms with Crippen LogP contribution in [0.5, 0.6) is 0 Å². The van der Waals surface area contributed by atoms with Gasteiger partial charge in [0.2, 0.25) is 0 Å². The van der Waals surface area contributed by atoms with Crippen LogP contribution >= 0.6 is 0 Å². The second-order valence-corrected chi connectivity index (χ2v) is 10.1. The molecule has 4 rings (SSSR count). The Balaban J connectivity index is 1.37. The number of rotatable bonds is 6. The van der Waals surface area contributed by atoms with Gasteiger partial charge >= 0.3 is 0 Å². The molecule has 2 fully saturated rings. The number of fused-ring (bicyclic) bond motifs is 2. The van der Waals surface area contributed by atoms with E-state index in [1.165, 1.54) is 68.9 Å². The minimum Gasteiger partial charge on any atom is -0.207 e. The van der Waals surface area contributed by atoms with E-state index in [1.54, 1.807) is 0 Å². The van der Waals surface area contributed by atoms with Gasteiger partial charge in [-0.2, -0.15) is 0 Å². The van der Waals surface area contributed by atoms with Gasteiger partial charge in [-0.3, -0.25) is 0 Å². The van der Waals surface area contributed by atoms with Gasteiger partial charge in [0, 0.05) is 0 Å². The van der Waals surface area contributed by atoms with Crippen LogP contribution in [-0.2, 0) is 19.3 Å². The molecule has 0 radical (unpaired) electrons. The van der Waals surface area contributed by atoms with E-state index < -0.39 is 0 Å². The van der Waals surface area contributed by atoms with Crippen LogP contribution in [-0.4, -0.2) is 0 Å². The highest BCUT2D eigenvalue weighted by Gasteiger charge is 2.38. The summed E-state index contributed by atoms with van der Waals surface area (Å²) in [5.74, 6) is 4.72. The third-order valence-electron chi connectivity index (χ3n) is 8.38. The van der Waals surface area contributed by atoms with Crippen molar-refractivity contribution in [1.29, 1.82) is 0 Å². The molecule has 0 saturated heterocycles. The highest BCUT2D eigenvalue weighted by molar-refractivity contribution is 5.35. The van der Waals surface area contributed by atoms with Crippen LogP contribution in [0.3, 0.4) is 0 Å². The van der Waals surface area contributed by atoms with Crippen molar-refractivity contribution in [1.82, 2.24) is 0 Å². The van der Waals surface area contributed by atoms with E-state index in [-0.39, 0.29) is 5.82 Å². The van der Waals surface area contributed by atoms with E-state index in [4.69, 9.17) is 0 Å². The molecule has 0 bridgehead atoms. The Morgan fingerprint density at radius 2 is 1.71 bits per heavy atom. The first-order valence-corrected chi connectivity index (χ1v) is 12.1. The fourth-order valence-electron chi connectivity index (χ4n) is 6.83. The molecular formula is C27H39F. The molecule has 0 amide bonds. The van der Waals surface area contributed by atoms with Gasteiger partial charge in [-0.05, 0) is 117 Å². The normalized spacial score (nSPS) is 32.4. The van der Waals surface area contributed by atoms with Crippen LogP contribution in [0.2, 0.25) is 0 Å². The summed E-state index contributed by atoms with van der Waals surface area (Å²) in [5, 5.41) is 0. The number of benzene rings is 1. The van der Waals surface area contributed by atoms with Crippen molar-refractivity contribution in [3.63, 3.8) is 0 Å². The second-order valence-electron chi connectivity index (χ2n) is 10.1. The van der Waals surface area contributed by atoms with Gasteiger partial charge in [-0.1, -0.05) is 38.3 Å². The topological polar surface area (TPSA) is 0 Å². The Morgan fingerprint density at radius 1 is 0.964 bits per heavy atom. The summed E-state index contributed by atoms with van der Waals surface area (Å²) in [6.07, 6.45) is 18.8. The number of hydrogen-bond donors (Lipinski definition) is 0. The van der Waals surface area contributed by atoms with E-state index in [2.05, 4.69) is 19.6 Å². The zero-order valence-corrected chi connectivity index (χ0v) is 17.9. The monoisotopic (exact) mass is 382 g/mol. The predicted molar refractivity (Wildman–Crippen MR) is 117 cm³/mol. The van der Waals surface area contributed by atoms with Crippen molar-refractivity contribution in [3.8, 4) is 0 Å². The van der Waals surface area contributed by atoms with Gasteiger partial charge in [0.05, 0.1) is 0 Å². The number of hydrogen-bond acceptors (Lipinski definition) is 0. The summed E-state index contributed by atoms with van der Waals surface area (Å²) in [6, 6.07) is 4.04. The Kier molecular flexibility index (Phi) is 6.59. The number of halogens is 1. The first-order chi connectivity index (χ1) is 13.7. The Morgan fingerprint density at radius 3 is 2.50 bits per heavy atom. The number of aryl methyl sites for hydroxylation is 2. The third-order valence-corrected chi connectivity index (χ3v) is 8.38. The van der Waals surface area contributed by atoms with Gasteiger partial charge < -0.3 is 0 Å². The minimum atomic E-state index is 0.0132. The highest BCUT2D eigenvalue weighted by atomic mass is 19.1.